The van der Waals surface area contributed by atoms with Crippen LogP contribution in [0.15, 0.2) is 0 Å². The summed E-state index contributed by atoms with van der Waals surface area (Å²) >= 11 is 1.71. The van der Waals surface area contributed by atoms with Gasteiger partial charge in [0.2, 0.25) is 7.37 Å². The molecular formula is C8H19O2PS. The molecule has 0 bridgehead atoms. The fourth-order valence-electron chi connectivity index (χ4n) is 0.488. The summed E-state index contributed by atoms with van der Waals surface area (Å²) in [6, 6.07) is 0. The van der Waals surface area contributed by atoms with Crippen LogP contribution in [0.4, 0.5) is 0 Å². The van der Waals surface area contributed by atoms with E-state index in [1.807, 2.05) is 27.0 Å². The van der Waals surface area contributed by atoms with Gasteiger partial charge < -0.3 is 4.52 Å². The zero-order chi connectivity index (χ0) is 9.83. The second-order valence-corrected chi connectivity index (χ2v) is 8.12. The molecule has 0 aromatic rings. The van der Waals surface area contributed by atoms with E-state index in [4.69, 9.17) is 4.52 Å². The highest BCUT2D eigenvalue weighted by Crippen LogP contribution is 2.55. The zero-order valence-corrected chi connectivity index (χ0v) is 10.3. The van der Waals surface area contributed by atoms with Crippen molar-refractivity contribution >= 4 is 19.1 Å². The van der Waals surface area contributed by atoms with Gasteiger partial charge in [-0.25, -0.2) is 0 Å². The van der Waals surface area contributed by atoms with Crippen molar-refractivity contribution < 1.29 is 9.09 Å². The van der Waals surface area contributed by atoms with Crippen LogP contribution in [0.5, 0.6) is 0 Å². The van der Waals surface area contributed by atoms with Crippen LogP contribution in [0.2, 0.25) is 0 Å². The summed E-state index contributed by atoms with van der Waals surface area (Å²) in [5.41, 5.74) is 0. The van der Waals surface area contributed by atoms with Crippen LogP contribution >= 0.6 is 19.1 Å². The lowest BCUT2D eigenvalue weighted by atomic mass is 10.3. The number of thioether (sulfide) groups is 1. The van der Waals surface area contributed by atoms with Crippen LogP contribution in [0.1, 0.15) is 20.8 Å². The van der Waals surface area contributed by atoms with Gasteiger partial charge in [0.05, 0.1) is 6.61 Å². The van der Waals surface area contributed by atoms with Gasteiger partial charge in [-0.05, 0) is 6.26 Å². The van der Waals surface area contributed by atoms with Gasteiger partial charge in [-0.2, -0.15) is 11.8 Å². The number of hydrogen-bond acceptors (Lipinski definition) is 3. The molecule has 0 heterocycles. The van der Waals surface area contributed by atoms with Crippen molar-refractivity contribution in [3.8, 4) is 0 Å². The molecule has 0 spiro atoms. The Labute approximate surface area is 79.9 Å². The van der Waals surface area contributed by atoms with E-state index in [9.17, 15) is 4.57 Å². The highest BCUT2D eigenvalue weighted by molar-refractivity contribution is 7.98. The Hall–Kier alpha value is 0.540. The zero-order valence-electron chi connectivity index (χ0n) is 8.59. The van der Waals surface area contributed by atoms with Crippen molar-refractivity contribution in [1.82, 2.24) is 0 Å². The Kier molecular flexibility index (Phi) is 4.90. The van der Waals surface area contributed by atoms with Gasteiger partial charge in [-0.1, -0.05) is 20.8 Å². The maximum absolute atomic E-state index is 11.9. The van der Waals surface area contributed by atoms with Gasteiger partial charge in [0.25, 0.3) is 0 Å². The van der Waals surface area contributed by atoms with E-state index in [1.54, 1.807) is 18.4 Å². The average Bonchev–Trinajstić information content (AvgIpc) is 1.85. The van der Waals surface area contributed by atoms with E-state index in [1.165, 1.54) is 0 Å². The van der Waals surface area contributed by atoms with E-state index in [-0.39, 0.29) is 5.16 Å². The van der Waals surface area contributed by atoms with E-state index in [0.717, 1.165) is 5.75 Å². The SMILES string of the molecule is CSCCOP(C)(=O)C(C)(C)C. The molecule has 0 N–H and O–H groups in total. The topological polar surface area (TPSA) is 26.3 Å². The Morgan fingerprint density at radius 2 is 1.92 bits per heavy atom. The molecule has 0 saturated carbocycles. The molecule has 0 aromatic carbocycles. The Morgan fingerprint density at radius 3 is 2.25 bits per heavy atom. The van der Waals surface area contributed by atoms with Crippen LogP contribution in [0.25, 0.3) is 0 Å². The first-order valence-electron chi connectivity index (χ1n) is 4.02. The van der Waals surface area contributed by atoms with Gasteiger partial charge >= 0.3 is 0 Å². The molecule has 0 aliphatic heterocycles. The molecule has 2 nitrogen and oxygen atoms in total. The predicted octanol–water partition coefficient (Wildman–Crippen LogP) is 3.07. The highest BCUT2D eigenvalue weighted by Gasteiger charge is 2.32. The Morgan fingerprint density at radius 1 is 1.42 bits per heavy atom. The minimum Gasteiger partial charge on any atom is -0.327 e. The maximum atomic E-state index is 11.9. The molecule has 0 rings (SSSR count). The average molecular weight is 210 g/mol. The lowest BCUT2D eigenvalue weighted by molar-refractivity contribution is 0.324. The lowest BCUT2D eigenvalue weighted by Crippen LogP contribution is -2.16. The van der Waals surface area contributed by atoms with Crippen molar-refractivity contribution in [2.45, 2.75) is 25.9 Å². The fraction of sp³-hybridized carbons (Fsp3) is 1.00. The van der Waals surface area contributed by atoms with Crippen molar-refractivity contribution in [1.29, 1.82) is 0 Å². The maximum Gasteiger partial charge on any atom is 0.205 e. The molecule has 74 valence electrons. The summed E-state index contributed by atoms with van der Waals surface area (Å²) in [6.45, 7) is 8.16. The molecule has 4 heteroatoms. The van der Waals surface area contributed by atoms with Crippen molar-refractivity contribution in [2.24, 2.45) is 0 Å². The second kappa shape index (κ2) is 4.69. The third-order valence-corrected chi connectivity index (χ3v) is 5.53. The van der Waals surface area contributed by atoms with Crippen LogP contribution in [0, 0.1) is 0 Å². The summed E-state index contributed by atoms with van der Waals surface area (Å²) < 4.78 is 17.2. The second-order valence-electron chi connectivity index (χ2n) is 3.84. The highest BCUT2D eigenvalue weighted by atomic mass is 32.2. The van der Waals surface area contributed by atoms with Gasteiger partial charge in [0.1, 0.15) is 0 Å². The van der Waals surface area contributed by atoms with E-state index < -0.39 is 7.37 Å². The van der Waals surface area contributed by atoms with Crippen molar-refractivity contribution in [3.05, 3.63) is 0 Å². The van der Waals surface area contributed by atoms with Gasteiger partial charge in [-0.3, -0.25) is 4.57 Å². The largest absolute Gasteiger partial charge is 0.327 e. The summed E-state index contributed by atoms with van der Waals surface area (Å²) in [7, 11) is -2.42. The molecule has 0 aliphatic carbocycles. The fourth-order valence-corrected chi connectivity index (χ4v) is 1.69. The van der Waals surface area contributed by atoms with Crippen LogP contribution in [-0.2, 0) is 9.09 Å². The van der Waals surface area contributed by atoms with Gasteiger partial charge in [-0.15, -0.1) is 0 Å². The molecule has 12 heavy (non-hydrogen) atoms. The standard InChI is InChI=1S/C8H19O2PS/c1-8(2,3)11(4,9)10-6-7-12-5/h6-7H2,1-5H3. The van der Waals surface area contributed by atoms with E-state index in [0.29, 0.717) is 6.61 Å². The molecule has 1 atom stereocenters. The quantitative estimate of drug-likeness (QED) is 0.527. The monoisotopic (exact) mass is 210 g/mol. The third kappa shape index (κ3) is 3.97. The number of hydrogen-bond donors (Lipinski definition) is 0. The molecule has 0 amide bonds. The van der Waals surface area contributed by atoms with Gasteiger partial charge in [0, 0.05) is 17.6 Å². The van der Waals surface area contributed by atoms with Crippen molar-refractivity contribution in [3.63, 3.8) is 0 Å². The first-order valence-corrected chi connectivity index (χ1v) is 7.49. The minimum atomic E-state index is -2.42. The lowest BCUT2D eigenvalue weighted by Gasteiger charge is -2.27. The first kappa shape index (κ1) is 12.5. The smallest absolute Gasteiger partial charge is 0.205 e. The molecule has 0 radical (unpaired) electrons. The van der Waals surface area contributed by atoms with E-state index >= 15 is 0 Å². The molecule has 0 aromatic heterocycles. The molecule has 0 fully saturated rings. The first-order chi connectivity index (χ1) is 5.31. The van der Waals surface area contributed by atoms with Gasteiger partial charge in [0.15, 0.2) is 0 Å². The number of rotatable bonds is 4. The Bertz CT molecular complexity index is 174. The third-order valence-electron chi connectivity index (χ3n) is 1.84. The Balaban J connectivity index is 3.98. The summed E-state index contributed by atoms with van der Waals surface area (Å²) in [5, 5.41) is -0.231. The normalized spacial score (nSPS) is 17.4. The molecule has 0 aliphatic rings. The summed E-state index contributed by atoms with van der Waals surface area (Å²) in [5.74, 6) is 0.911. The molecular weight excluding hydrogens is 191 g/mol. The van der Waals surface area contributed by atoms with E-state index in [2.05, 4.69) is 0 Å². The predicted molar refractivity (Wildman–Crippen MR) is 57.6 cm³/mol. The van der Waals surface area contributed by atoms with Crippen molar-refractivity contribution in [2.75, 3.05) is 25.3 Å². The molecule has 0 saturated heterocycles. The summed E-state index contributed by atoms with van der Waals surface area (Å²) in [6.07, 6.45) is 2.01. The molecule has 1 unspecified atom stereocenters. The minimum absolute atomic E-state index is 0.231. The van der Waals surface area contributed by atoms with Crippen LogP contribution in [-0.4, -0.2) is 30.4 Å². The van der Waals surface area contributed by atoms with Crippen LogP contribution in [0.3, 0.4) is 0 Å². The summed E-state index contributed by atoms with van der Waals surface area (Å²) in [4.78, 5) is 0. The van der Waals surface area contributed by atoms with Crippen LogP contribution < -0.4 is 0 Å².